The SMILES string of the molecule is Nc1ccc(CC(=O)NC2CCN3CCCC3C2)nc1. The molecule has 0 saturated carbocycles. The van der Waals surface area contributed by atoms with Gasteiger partial charge in [0.1, 0.15) is 0 Å². The second kappa shape index (κ2) is 5.79. The van der Waals surface area contributed by atoms with Gasteiger partial charge in [-0.05, 0) is 44.4 Å². The minimum absolute atomic E-state index is 0.0683. The number of pyridine rings is 1. The zero-order chi connectivity index (χ0) is 13.9. The highest BCUT2D eigenvalue weighted by Crippen LogP contribution is 2.26. The first-order valence-electron chi connectivity index (χ1n) is 7.44. The Bertz CT molecular complexity index is 473. The number of hydrogen-bond donors (Lipinski definition) is 2. The van der Waals surface area contributed by atoms with E-state index in [0.29, 0.717) is 24.2 Å². The van der Waals surface area contributed by atoms with Gasteiger partial charge in [0.15, 0.2) is 0 Å². The van der Waals surface area contributed by atoms with Gasteiger partial charge in [-0.15, -0.1) is 0 Å². The number of hydrogen-bond acceptors (Lipinski definition) is 4. The molecule has 5 heteroatoms. The van der Waals surface area contributed by atoms with Gasteiger partial charge >= 0.3 is 0 Å². The van der Waals surface area contributed by atoms with Crippen molar-refractivity contribution in [3.05, 3.63) is 24.0 Å². The molecule has 2 unspecified atom stereocenters. The zero-order valence-corrected chi connectivity index (χ0v) is 11.7. The molecule has 3 heterocycles. The van der Waals surface area contributed by atoms with Crippen molar-refractivity contribution in [2.45, 2.75) is 44.2 Å². The van der Waals surface area contributed by atoms with Crippen molar-refractivity contribution in [2.75, 3.05) is 18.8 Å². The molecule has 2 aliphatic heterocycles. The van der Waals surface area contributed by atoms with Gasteiger partial charge in [0.05, 0.1) is 18.3 Å². The fourth-order valence-electron chi connectivity index (χ4n) is 3.34. The Morgan fingerprint density at radius 1 is 1.40 bits per heavy atom. The standard InChI is InChI=1S/C15H22N4O/c16-11-3-4-12(17-10-11)9-15(20)18-13-5-7-19-6-1-2-14(19)8-13/h3-4,10,13-14H,1-2,5-9,16H2,(H,18,20). The summed E-state index contributed by atoms with van der Waals surface area (Å²) < 4.78 is 0. The van der Waals surface area contributed by atoms with Gasteiger partial charge in [0.25, 0.3) is 0 Å². The molecule has 0 aromatic carbocycles. The van der Waals surface area contributed by atoms with Crippen molar-refractivity contribution >= 4 is 11.6 Å². The first kappa shape index (κ1) is 13.4. The summed E-state index contributed by atoms with van der Waals surface area (Å²) in [6.45, 7) is 2.36. The number of rotatable bonds is 3. The Balaban J connectivity index is 1.50. The summed E-state index contributed by atoms with van der Waals surface area (Å²) in [4.78, 5) is 18.8. The molecule has 2 atom stereocenters. The van der Waals surface area contributed by atoms with E-state index >= 15 is 0 Å². The zero-order valence-electron chi connectivity index (χ0n) is 11.7. The topological polar surface area (TPSA) is 71.2 Å². The quantitative estimate of drug-likeness (QED) is 0.861. The van der Waals surface area contributed by atoms with Gasteiger partial charge in [-0.25, -0.2) is 0 Å². The van der Waals surface area contributed by atoms with Gasteiger partial charge in [-0.1, -0.05) is 0 Å². The second-order valence-corrected chi connectivity index (χ2v) is 5.88. The van der Waals surface area contributed by atoms with Crippen molar-refractivity contribution in [3.63, 3.8) is 0 Å². The molecule has 2 saturated heterocycles. The summed E-state index contributed by atoms with van der Waals surface area (Å²) in [5, 5.41) is 3.16. The summed E-state index contributed by atoms with van der Waals surface area (Å²) >= 11 is 0. The van der Waals surface area contributed by atoms with Crippen molar-refractivity contribution in [3.8, 4) is 0 Å². The maximum absolute atomic E-state index is 12.1. The van der Waals surface area contributed by atoms with Crippen LogP contribution in [0.2, 0.25) is 0 Å². The van der Waals surface area contributed by atoms with Gasteiger partial charge in [0, 0.05) is 24.3 Å². The first-order valence-corrected chi connectivity index (χ1v) is 7.44. The van der Waals surface area contributed by atoms with Crippen LogP contribution in [0.1, 0.15) is 31.4 Å². The summed E-state index contributed by atoms with van der Waals surface area (Å²) in [7, 11) is 0. The minimum atomic E-state index is 0.0683. The molecular weight excluding hydrogens is 252 g/mol. The normalized spacial score (nSPS) is 26.2. The highest BCUT2D eigenvalue weighted by atomic mass is 16.1. The molecule has 108 valence electrons. The molecule has 5 nitrogen and oxygen atoms in total. The molecule has 3 rings (SSSR count). The molecule has 0 aliphatic carbocycles. The van der Waals surface area contributed by atoms with Gasteiger partial charge < -0.3 is 16.0 Å². The lowest BCUT2D eigenvalue weighted by molar-refractivity contribution is -0.121. The number of nitrogens with two attached hydrogens (primary N) is 1. The molecule has 1 aromatic rings. The molecule has 3 N–H and O–H groups in total. The molecule has 20 heavy (non-hydrogen) atoms. The molecule has 2 aliphatic rings. The van der Waals surface area contributed by atoms with E-state index in [1.165, 1.54) is 19.4 Å². The van der Waals surface area contributed by atoms with E-state index in [1.54, 1.807) is 12.3 Å². The van der Waals surface area contributed by atoms with Crippen LogP contribution in [0.25, 0.3) is 0 Å². The minimum Gasteiger partial charge on any atom is -0.397 e. The third kappa shape index (κ3) is 3.10. The molecular formula is C15H22N4O. The van der Waals surface area contributed by atoms with Crippen LogP contribution in [0.4, 0.5) is 5.69 Å². The van der Waals surface area contributed by atoms with E-state index in [0.717, 1.165) is 25.1 Å². The summed E-state index contributed by atoms with van der Waals surface area (Å²) in [6, 6.07) is 4.61. The molecule has 1 aromatic heterocycles. The molecule has 2 fully saturated rings. The first-order chi connectivity index (χ1) is 9.70. The van der Waals surface area contributed by atoms with E-state index in [4.69, 9.17) is 5.73 Å². The summed E-state index contributed by atoms with van der Waals surface area (Å²) in [6.07, 6.45) is 6.69. The average Bonchev–Trinajstić information content (AvgIpc) is 2.89. The van der Waals surface area contributed by atoms with Crippen molar-refractivity contribution < 1.29 is 4.79 Å². The monoisotopic (exact) mass is 274 g/mol. The van der Waals surface area contributed by atoms with Crippen LogP contribution >= 0.6 is 0 Å². The predicted octanol–water partition coefficient (Wildman–Crippen LogP) is 0.949. The number of anilines is 1. The van der Waals surface area contributed by atoms with Crippen LogP contribution in [0.3, 0.4) is 0 Å². The number of carbonyl (C=O) groups excluding carboxylic acids is 1. The number of nitrogens with zero attached hydrogens (tertiary/aromatic N) is 2. The fourth-order valence-corrected chi connectivity index (χ4v) is 3.34. The number of aromatic nitrogens is 1. The number of fused-ring (bicyclic) bond motifs is 1. The lowest BCUT2D eigenvalue weighted by atomic mass is 9.97. The largest absolute Gasteiger partial charge is 0.397 e. The van der Waals surface area contributed by atoms with Crippen LogP contribution in [0.5, 0.6) is 0 Å². The van der Waals surface area contributed by atoms with E-state index in [2.05, 4.69) is 15.2 Å². The Morgan fingerprint density at radius 2 is 2.30 bits per heavy atom. The Morgan fingerprint density at radius 3 is 3.10 bits per heavy atom. The van der Waals surface area contributed by atoms with Crippen LogP contribution in [-0.4, -0.2) is 41.0 Å². The number of amides is 1. The molecule has 0 radical (unpaired) electrons. The van der Waals surface area contributed by atoms with Gasteiger partial charge in [-0.2, -0.15) is 0 Å². The highest BCUT2D eigenvalue weighted by Gasteiger charge is 2.32. The van der Waals surface area contributed by atoms with E-state index in [9.17, 15) is 4.79 Å². The second-order valence-electron chi connectivity index (χ2n) is 5.88. The Kier molecular flexibility index (Phi) is 3.87. The van der Waals surface area contributed by atoms with Crippen LogP contribution in [0.15, 0.2) is 18.3 Å². The third-order valence-corrected chi connectivity index (χ3v) is 4.37. The molecule has 0 spiro atoms. The number of nitrogens with one attached hydrogen (secondary N) is 1. The predicted molar refractivity (Wildman–Crippen MR) is 78.1 cm³/mol. The van der Waals surface area contributed by atoms with Crippen LogP contribution < -0.4 is 11.1 Å². The van der Waals surface area contributed by atoms with Crippen LogP contribution in [0, 0.1) is 0 Å². The van der Waals surface area contributed by atoms with E-state index < -0.39 is 0 Å². The third-order valence-electron chi connectivity index (χ3n) is 4.37. The maximum Gasteiger partial charge on any atom is 0.226 e. The average molecular weight is 274 g/mol. The molecule has 0 bridgehead atoms. The van der Waals surface area contributed by atoms with Crippen LogP contribution in [-0.2, 0) is 11.2 Å². The number of carbonyl (C=O) groups is 1. The van der Waals surface area contributed by atoms with Crippen molar-refractivity contribution in [1.82, 2.24) is 15.2 Å². The van der Waals surface area contributed by atoms with Crippen molar-refractivity contribution in [1.29, 1.82) is 0 Å². The highest BCUT2D eigenvalue weighted by molar-refractivity contribution is 5.78. The summed E-state index contributed by atoms with van der Waals surface area (Å²) in [5.41, 5.74) is 6.99. The number of piperidine rings is 1. The lowest BCUT2D eigenvalue weighted by Crippen LogP contribution is -2.47. The Labute approximate surface area is 119 Å². The van der Waals surface area contributed by atoms with E-state index in [1.807, 2.05) is 6.07 Å². The van der Waals surface area contributed by atoms with Gasteiger partial charge in [-0.3, -0.25) is 9.78 Å². The fraction of sp³-hybridized carbons (Fsp3) is 0.600. The maximum atomic E-state index is 12.1. The van der Waals surface area contributed by atoms with E-state index in [-0.39, 0.29) is 5.91 Å². The van der Waals surface area contributed by atoms with Gasteiger partial charge in [0.2, 0.25) is 5.91 Å². The smallest absolute Gasteiger partial charge is 0.226 e. The van der Waals surface area contributed by atoms with Crippen molar-refractivity contribution in [2.24, 2.45) is 0 Å². The number of nitrogen functional groups attached to an aromatic ring is 1. The molecule has 1 amide bonds. The summed E-state index contributed by atoms with van der Waals surface area (Å²) in [5.74, 6) is 0.0683. The lowest BCUT2D eigenvalue weighted by Gasteiger charge is -2.35. The Hall–Kier alpha value is -1.62.